The molecule has 0 spiro atoms. The first-order valence-electron chi connectivity index (χ1n) is 4.55. The lowest BCUT2D eigenvalue weighted by Gasteiger charge is -1.98. The van der Waals surface area contributed by atoms with Crippen molar-refractivity contribution in [1.29, 1.82) is 0 Å². The van der Waals surface area contributed by atoms with Crippen LogP contribution >= 0.6 is 11.8 Å². The molecule has 0 radical (unpaired) electrons. The molecule has 0 aromatic carbocycles. The van der Waals surface area contributed by atoms with Gasteiger partial charge in [-0.25, -0.2) is 9.78 Å². The van der Waals surface area contributed by atoms with Gasteiger partial charge in [0.05, 0.1) is 6.20 Å². The number of rotatable bonds is 5. The lowest BCUT2D eigenvalue weighted by molar-refractivity contribution is -0.132. The molecule has 1 aromatic rings. The first-order chi connectivity index (χ1) is 7.24. The maximum absolute atomic E-state index is 10.7. The first-order valence-corrected chi connectivity index (χ1v) is 5.53. The molecule has 0 aliphatic heterocycles. The summed E-state index contributed by atoms with van der Waals surface area (Å²) >= 11 is 1.47. The highest BCUT2D eigenvalue weighted by Crippen LogP contribution is 2.14. The van der Waals surface area contributed by atoms with Gasteiger partial charge < -0.3 is 5.11 Å². The Morgan fingerprint density at radius 1 is 1.60 bits per heavy atom. The van der Waals surface area contributed by atoms with Crippen LogP contribution < -0.4 is 0 Å². The molecule has 1 rings (SSSR count). The molecule has 1 heterocycles. The average Bonchev–Trinajstić information content (AvgIpc) is 2.25. The molecule has 0 saturated heterocycles. The minimum absolute atomic E-state index is 0.436. The van der Waals surface area contributed by atoms with Gasteiger partial charge in [0.25, 0.3) is 0 Å². The van der Waals surface area contributed by atoms with E-state index in [0.717, 1.165) is 5.03 Å². The van der Waals surface area contributed by atoms with Crippen molar-refractivity contribution in [2.24, 2.45) is 0 Å². The Balaban J connectivity index is 2.48. The number of thioether (sulfide) groups is 1. The maximum atomic E-state index is 10.7. The fraction of sp³-hybridized carbons (Fsp3) is 0.300. The van der Waals surface area contributed by atoms with Crippen LogP contribution in [0.3, 0.4) is 0 Å². The van der Waals surface area contributed by atoms with E-state index in [-0.39, 0.29) is 0 Å². The third-order valence-electron chi connectivity index (χ3n) is 1.76. The number of carboxylic acids is 1. The summed E-state index contributed by atoms with van der Waals surface area (Å²) in [5, 5.41) is 9.57. The molecule has 1 aromatic heterocycles. The van der Waals surface area contributed by atoms with Gasteiger partial charge in [-0.3, -0.25) is 4.98 Å². The number of hydrogen-bond acceptors (Lipinski definition) is 4. The number of carbonyl (C=O) groups is 1. The maximum Gasteiger partial charge on any atom is 0.331 e. The molecule has 0 unspecified atom stereocenters. The van der Waals surface area contributed by atoms with Crippen molar-refractivity contribution >= 4 is 17.7 Å². The van der Waals surface area contributed by atoms with Gasteiger partial charge in [-0.2, -0.15) is 0 Å². The van der Waals surface area contributed by atoms with Crippen molar-refractivity contribution < 1.29 is 9.90 Å². The van der Waals surface area contributed by atoms with Crippen LogP contribution in [0.2, 0.25) is 0 Å². The highest BCUT2D eigenvalue weighted by Gasteiger charge is 2.03. The van der Waals surface area contributed by atoms with E-state index in [1.807, 2.05) is 6.92 Å². The molecule has 80 valence electrons. The molecule has 1 N–H and O–H groups in total. The summed E-state index contributed by atoms with van der Waals surface area (Å²) in [5.74, 6) is -0.244. The van der Waals surface area contributed by atoms with Gasteiger partial charge in [0.2, 0.25) is 0 Å². The summed E-state index contributed by atoms with van der Waals surface area (Å²) in [6, 6.07) is 0. The summed E-state index contributed by atoms with van der Waals surface area (Å²) in [5.41, 5.74) is 0.436. The lowest BCUT2D eigenvalue weighted by atomic mass is 10.2. The number of carboxylic acid groups (broad SMARTS) is 1. The van der Waals surface area contributed by atoms with Crippen LogP contribution in [0.15, 0.2) is 35.3 Å². The predicted octanol–water partition coefficient (Wildman–Crippen LogP) is 1.99. The highest BCUT2D eigenvalue weighted by atomic mass is 32.2. The van der Waals surface area contributed by atoms with Crippen molar-refractivity contribution in [3.05, 3.63) is 30.2 Å². The van der Waals surface area contributed by atoms with Gasteiger partial charge in [0.15, 0.2) is 0 Å². The van der Waals surface area contributed by atoms with E-state index in [1.165, 1.54) is 11.8 Å². The molecule has 0 aliphatic carbocycles. The zero-order valence-corrected chi connectivity index (χ0v) is 9.20. The summed E-state index contributed by atoms with van der Waals surface area (Å²) in [7, 11) is 0. The largest absolute Gasteiger partial charge is 0.478 e. The smallest absolute Gasteiger partial charge is 0.331 e. The minimum atomic E-state index is -0.850. The van der Waals surface area contributed by atoms with Crippen LogP contribution in [0, 0.1) is 0 Å². The highest BCUT2D eigenvalue weighted by molar-refractivity contribution is 7.99. The van der Waals surface area contributed by atoms with Gasteiger partial charge in [-0.15, -0.1) is 11.8 Å². The zero-order chi connectivity index (χ0) is 11.1. The second kappa shape index (κ2) is 6.19. The van der Waals surface area contributed by atoms with Crippen LogP contribution in [-0.4, -0.2) is 26.8 Å². The van der Waals surface area contributed by atoms with Gasteiger partial charge >= 0.3 is 5.97 Å². The van der Waals surface area contributed by atoms with Gasteiger partial charge in [0.1, 0.15) is 5.03 Å². The van der Waals surface area contributed by atoms with E-state index in [9.17, 15) is 4.79 Å². The first kappa shape index (κ1) is 11.7. The summed E-state index contributed by atoms with van der Waals surface area (Å²) in [6.07, 6.45) is 7.13. The summed E-state index contributed by atoms with van der Waals surface area (Å²) in [4.78, 5) is 18.7. The second-order valence-electron chi connectivity index (χ2n) is 2.74. The summed E-state index contributed by atoms with van der Waals surface area (Å²) in [6.45, 7) is 1.83. The van der Waals surface area contributed by atoms with E-state index >= 15 is 0 Å². The Kier molecular flexibility index (Phi) is 4.83. The monoisotopic (exact) mass is 224 g/mol. The molecule has 0 saturated carbocycles. The molecule has 4 nitrogen and oxygen atoms in total. The molecule has 15 heavy (non-hydrogen) atoms. The number of hydrogen-bond donors (Lipinski definition) is 1. The van der Waals surface area contributed by atoms with Crippen molar-refractivity contribution in [2.75, 3.05) is 5.75 Å². The standard InChI is InChI=1S/C10H12N2O2S/c1-2-8(10(13)14)3-6-15-9-7-11-4-5-12-9/h3-5,7H,2,6H2,1H3,(H,13,14). The van der Waals surface area contributed by atoms with E-state index in [2.05, 4.69) is 9.97 Å². The van der Waals surface area contributed by atoms with Gasteiger partial charge in [-0.1, -0.05) is 13.0 Å². The second-order valence-corrected chi connectivity index (χ2v) is 3.78. The Morgan fingerprint density at radius 2 is 2.40 bits per heavy atom. The minimum Gasteiger partial charge on any atom is -0.478 e. The van der Waals surface area contributed by atoms with Crippen molar-refractivity contribution in [3.63, 3.8) is 0 Å². The van der Waals surface area contributed by atoms with E-state index < -0.39 is 5.97 Å². The Morgan fingerprint density at radius 3 is 2.93 bits per heavy atom. The number of aliphatic carboxylic acids is 1. The van der Waals surface area contributed by atoms with Crippen LogP contribution in [0.1, 0.15) is 13.3 Å². The molecular formula is C10H12N2O2S. The molecule has 5 heteroatoms. The van der Waals surface area contributed by atoms with Crippen molar-refractivity contribution in [1.82, 2.24) is 9.97 Å². The average molecular weight is 224 g/mol. The van der Waals surface area contributed by atoms with Crippen LogP contribution in [0.4, 0.5) is 0 Å². The van der Waals surface area contributed by atoms with E-state index in [0.29, 0.717) is 17.7 Å². The van der Waals surface area contributed by atoms with Crippen LogP contribution in [0.5, 0.6) is 0 Å². The Labute approximate surface area is 92.4 Å². The van der Waals surface area contributed by atoms with Gasteiger partial charge in [0, 0.05) is 23.7 Å². The van der Waals surface area contributed by atoms with Crippen molar-refractivity contribution in [3.8, 4) is 0 Å². The normalized spacial score (nSPS) is 11.4. The molecule has 0 bridgehead atoms. The fourth-order valence-corrected chi connectivity index (χ4v) is 1.70. The Hall–Kier alpha value is -1.36. The molecule has 0 aliphatic rings. The fourth-order valence-electron chi connectivity index (χ4n) is 0.970. The number of aromatic nitrogens is 2. The summed E-state index contributed by atoms with van der Waals surface area (Å²) < 4.78 is 0. The topological polar surface area (TPSA) is 63.1 Å². The number of nitrogens with zero attached hydrogens (tertiary/aromatic N) is 2. The van der Waals surface area contributed by atoms with E-state index in [4.69, 9.17) is 5.11 Å². The third-order valence-corrected chi connectivity index (χ3v) is 2.60. The predicted molar refractivity (Wildman–Crippen MR) is 58.8 cm³/mol. The quantitative estimate of drug-likeness (QED) is 0.612. The molecule has 0 atom stereocenters. The van der Waals surface area contributed by atoms with Crippen LogP contribution in [0.25, 0.3) is 0 Å². The van der Waals surface area contributed by atoms with Crippen molar-refractivity contribution in [2.45, 2.75) is 18.4 Å². The molecule has 0 fully saturated rings. The lowest BCUT2D eigenvalue weighted by Crippen LogP contribution is -1.99. The third kappa shape index (κ3) is 4.12. The van der Waals surface area contributed by atoms with E-state index in [1.54, 1.807) is 24.7 Å². The Bertz CT molecular complexity index is 352. The molecule has 0 amide bonds. The zero-order valence-electron chi connectivity index (χ0n) is 8.38. The van der Waals surface area contributed by atoms with Gasteiger partial charge in [-0.05, 0) is 6.42 Å². The van der Waals surface area contributed by atoms with Crippen LogP contribution in [-0.2, 0) is 4.79 Å². The SMILES string of the molecule is CCC(=CCSc1cnccn1)C(=O)O. The molecular weight excluding hydrogens is 212 g/mol.